The van der Waals surface area contributed by atoms with Crippen LogP contribution in [0.2, 0.25) is 0 Å². The van der Waals surface area contributed by atoms with E-state index >= 15 is 0 Å². The van der Waals surface area contributed by atoms with Crippen LogP contribution in [0.25, 0.3) is 6.08 Å². The molecule has 7 heteroatoms. The number of aromatic nitrogens is 1. The van der Waals surface area contributed by atoms with Crippen molar-refractivity contribution in [2.24, 2.45) is 0 Å². The van der Waals surface area contributed by atoms with Crippen LogP contribution < -0.4 is 9.64 Å². The van der Waals surface area contributed by atoms with Gasteiger partial charge in [-0.05, 0) is 55.2 Å². The van der Waals surface area contributed by atoms with Crippen molar-refractivity contribution < 1.29 is 14.3 Å². The van der Waals surface area contributed by atoms with Crippen molar-refractivity contribution in [1.29, 1.82) is 0 Å². The third-order valence-electron chi connectivity index (χ3n) is 5.69. The van der Waals surface area contributed by atoms with Crippen molar-refractivity contribution in [2.75, 3.05) is 18.6 Å². The molecule has 1 aliphatic heterocycles. The summed E-state index contributed by atoms with van der Waals surface area (Å²) in [7, 11) is 1.66. The van der Waals surface area contributed by atoms with E-state index in [1.807, 2.05) is 58.8 Å². The lowest BCUT2D eigenvalue weighted by Gasteiger charge is -2.23. The highest BCUT2D eigenvalue weighted by Gasteiger charge is 2.27. The van der Waals surface area contributed by atoms with E-state index in [9.17, 15) is 9.59 Å². The molecule has 1 unspecified atom stereocenters. The van der Waals surface area contributed by atoms with Gasteiger partial charge in [-0.3, -0.25) is 14.5 Å². The van der Waals surface area contributed by atoms with Gasteiger partial charge in [0.25, 0.3) is 0 Å². The van der Waals surface area contributed by atoms with E-state index in [0.717, 1.165) is 42.8 Å². The second-order valence-electron chi connectivity index (χ2n) is 7.96. The Balaban J connectivity index is 1.44. The van der Waals surface area contributed by atoms with E-state index < -0.39 is 0 Å². The fourth-order valence-electron chi connectivity index (χ4n) is 4.12. The molecule has 1 atom stereocenters. The summed E-state index contributed by atoms with van der Waals surface area (Å²) in [5.74, 6) is 0.707. The van der Waals surface area contributed by atoms with Crippen LogP contribution in [-0.4, -0.2) is 41.4 Å². The standard InChI is InChI=1S/C26H27N3O3S/c1-19(30)29(22-9-4-3-5-10-22)26-27-21(18-33-26)13-14-25(31)28-15-7-11-23(28)16-20-8-6-12-24(17-20)32-2/h3-6,8-10,12-14,17-18,23H,7,11,15-16H2,1-2H3/b14-13+. The largest absolute Gasteiger partial charge is 0.497 e. The number of thiazole rings is 1. The molecule has 2 aromatic carbocycles. The van der Waals surface area contributed by atoms with Crippen LogP contribution in [0.1, 0.15) is 31.0 Å². The second-order valence-corrected chi connectivity index (χ2v) is 8.80. The molecule has 0 radical (unpaired) electrons. The van der Waals surface area contributed by atoms with Gasteiger partial charge in [0, 0.05) is 31.0 Å². The van der Waals surface area contributed by atoms with E-state index in [4.69, 9.17) is 4.74 Å². The molecule has 170 valence electrons. The molecule has 6 nitrogen and oxygen atoms in total. The normalized spacial score (nSPS) is 15.7. The zero-order chi connectivity index (χ0) is 23.2. The molecule has 1 saturated heterocycles. The number of amides is 2. The predicted molar refractivity (Wildman–Crippen MR) is 132 cm³/mol. The van der Waals surface area contributed by atoms with Gasteiger partial charge in [-0.1, -0.05) is 30.3 Å². The third-order valence-corrected chi connectivity index (χ3v) is 6.54. The summed E-state index contributed by atoms with van der Waals surface area (Å²) in [6.07, 6.45) is 6.11. The van der Waals surface area contributed by atoms with Gasteiger partial charge >= 0.3 is 0 Å². The Morgan fingerprint density at radius 2 is 2.03 bits per heavy atom. The number of para-hydroxylation sites is 1. The van der Waals surface area contributed by atoms with Crippen molar-refractivity contribution in [3.8, 4) is 5.75 Å². The Morgan fingerprint density at radius 3 is 2.79 bits per heavy atom. The van der Waals surface area contributed by atoms with Crippen molar-refractivity contribution in [1.82, 2.24) is 9.88 Å². The van der Waals surface area contributed by atoms with Gasteiger partial charge in [0.1, 0.15) is 5.75 Å². The number of benzene rings is 2. The topological polar surface area (TPSA) is 62.7 Å². The Labute approximate surface area is 198 Å². The molecule has 33 heavy (non-hydrogen) atoms. The molecule has 0 spiro atoms. The van der Waals surface area contributed by atoms with Crippen molar-refractivity contribution in [2.45, 2.75) is 32.2 Å². The molecule has 0 saturated carbocycles. The number of carbonyl (C=O) groups is 2. The van der Waals surface area contributed by atoms with Crippen molar-refractivity contribution >= 4 is 40.0 Å². The van der Waals surface area contributed by atoms with Crippen LogP contribution in [0.4, 0.5) is 10.8 Å². The Hall–Kier alpha value is -3.45. The Kier molecular flexibility index (Phi) is 7.19. The summed E-state index contributed by atoms with van der Waals surface area (Å²) in [6.45, 7) is 2.27. The first-order valence-corrected chi connectivity index (χ1v) is 11.9. The smallest absolute Gasteiger partial charge is 0.246 e. The number of hydrogen-bond donors (Lipinski definition) is 0. The average Bonchev–Trinajstić information content (AvgIpc) is 3.48. The minimum Gasteiger partial charge on any atom is -0.497 e. The predicted octanol–water partition coefficient (Wildman–Crippen LogP) is 5.08. The average molecular weight is 462 g/mol. The lowest BCUT2D eigenvalue weighted by atomic mass is 10.0. The van der Waals surface area contributed by atoms with E-state index in [0.29, 0.717) is 10.8 Å². The van der Waals surface area contributed by atoms with E-state index in [-0.39, 0.29) is 17.9 Å². The molecular weight excluding hydrogens is 434 g/mol. The number of methoxy groups -OCH3 is 1. The summed E-state index contributed by atoms with van der Waals surface area (Å²) >= 11 is 1.38. The van der Waals surface area contributed by atoms with Gasteiger partial charge in [0.05, 0.1) is 18.5 Å². The molecule has 4 rings (SSSR count). The maximum atomic E-state index is 12.9. The zero-order valence-electron chi connectivity index (χ0n) is 18.8. The van der Waals surface area contributed by atoms with Gasteiger partial charge < -0.3 is 9.64 Å². The maximum absolute atomic E-state index is 12.9. The SMILES string of the molecule is COc1cccc(CC2CCCN2C(=O)/C=C/c2csc(N(C(C)=O)c3ccccc3)n2)c1. The second kappa shape index (κ2) is 10.4. The third kappa shape index (κ3) is 5.49. The van der Waals surface area contributed by atoms with Crippen LogP contribution in [0, 0.1) is 0 Å². The zero-order valence-corrected chi connectivity index (χ0v) is 19.6. The van der Waals surface area contributed by atoms with Crippen LogP contribution in [0.15, 0.2) is 66.1 Å². The molecule has 2 amide bonds. The first-order valence-electron chi connectivity index (χ1n) is 11.0. The van der Waals surface area contributed by atoms with Crippen molar-refractivity contribution in [3.63, 3.8) is 0 Å². The molecule has 0 N–H and O–H groups in total. The molecule has 1 aromatic heterocycles. The first-order chi connectivity index (χ1) is 16.0. The van der Waals surface area contributed by atoms with Gasteiger partial charge in [0.2, 0.25) is 11.8 Å². The molecular formula is C26H27N3O3S. The number of carbonyl (C=O) groups excluding carboxylic acids is 2. The highest BCUT2D eigenvalue weighted by atomic mass is 32.1. The van der Waals surface area contributed by atoms with Crippen LogP contribution >= 0.6 is 11.3 Å². The number of nitrogens with zero attached hydrogens (tertiary/aromatic N) is 3. The van der Waals surface area contributed by atoms with Gasteiger partial charge in [-0.25, -0.2) is 4.98 Å². The van der Waals surface area contributed by atoms with Crippen LogP contribution in [-0.2, 0) is 16.0 Å². The molecule has 0 aliphatic carbocycles. The number of hydrogen-bond acceptors (Lipinski definition) is 5. The van der Waals surface area contributed by atoms with E-state index in [1.54, 1.807) is 24.2 Å². The first kappa shape index (κ1) is 22.7. The lowest BCUT2D eigenvalue weighted by Crippen LogP contribution is -2.35. The Bertz CT molecular complexity index is 1140. The molecule has 1 aliphatic rings. The number of ether oxygens (including phenoxy) is 1. The monoisotopic (exact) mass is 461 g/mol. The maximum Gasteiger partial charge on any atom is 0.246 e. The summed E-state index contributed by atoms with van der Waals surface area (Å²) < 4.78 is 5.32. The minimum absolute atomic E-state index is 0.0126. The van der Waals surface area contributed by atoms with Crippen LogP contribution in [0.3, 0.4) is 0 Å². The van der Waals surface area contributed by atoms with Gasteiger partial charge in [-0.15, -0.1) is 11.3 Å². The van der Waals surface area contributed by atoms with E-state index in [2.05, 4.69) is 11.1 Å². The highest BCUT2D eigenvalue weighted by Crippen LogP contribution is 2.29. The highest BCUT2D eigenvalue weighted by molar-refractivity contribution is 7.14. The molecule has 3 aromatic rings. The quantitative estimate of drug-likeness (QED) is 0.460. The fraction of sp³-hybridized carbons (Fsp3) is 0.269. The van der Waals surface area contributed by atoms with Crippen molar-refractivity contribution in [3.05, 3.63) is 77.3 Å². The summed E-state index contributed by atoms with van der Waals surface area (Å²) in [4.78, 5) is 33.2. The number of rotatable bonds is 7. The summed E-state index contributed by atoms with van der Waals surface area (Å²) in [5, 5.41) is 2.44. The molecule has 0 bridgehead atoms. The number of anilines is 2. The fourth-order valence-corrected chi connectivity index (χ4v) is 4.98. The summed E-state index contributed by atoms with van der Waals surface area (Å²) in [6, 6.07) is 17.6. The molecule has 2 heterocycles. The Morgan fingerprint density at radius 1 is 1.21 bits per heavy atom. The molecule has 1 fully saturated rings. The van der Waals surface area contributed by atoms with Gasteiger partial charge in [0.15, 0.2) is 5.13 Å². The van der Waals surface area contributed by atoms with Crippen LogP contribution in [0.5, 0.6) is 5.75 Å². The number of likely N-dealkylation sites (tertiary alicyclic amines) is 1. The van der Waals surface area contributed by atoms with E-state index in [1.165, 1.54) is 18.3 Å². The minimum atomic E-state index is -0.111. The lowest BCUT2D eigenvalue weighted by molar-refractivity contribution is -0.126. The van der Waals surface area contributed by atoms with Gasteiger partial charge in [-0.2, -0.15) is 0 Å². The summed E-state index contributed by atoms with van der Waals surface area (Å²) in [5.41, 5.74) is 2.59.